The summed E-state index contributed by atoms with van der Waals surface area (Å²) >= 11 is 0. The standard InChI is InChI=1S/C15H22O/c1-2-3-12-15(16)13-8-7-11-14-9-5-4-6-10-14/h4-6,9-10H,2-3,7-8,11-13H2,1H3. The SMILES string of the molecule is CCCCC(=O)CCCCc1ccccc1. The second-order valence-corrected chi connectivity index (χ2v) is 4.33. The van der Waals surface area contributed by atoms with Crippen LogP contribution < -0.4 is 0 Å². The maximum absolute atomic E-state index is 11.4. The van der Waals surface area contributed by atoms with Crippen molar-refractivity contribution in [3.8, 4) is 0 Å². The van der Waals surface area contributed by atoms with E-state index in [1.54, 1.807) is 0 Å². The molecule has 0 aliphatic carbocycles. The van der Waals surface area contributed by atoms with Crippen LogP contribution in [0.25, 0.3) is 0 Å². The van der Waals surface area contributed by atoms with Gasteiger partial charge in [0.05, 0.1) is 0 Å². The summed E-state index contributed by atoms with van der Waals surface area (Å²) in [6.07, 6.45) is 6.99. The fourth-order valence-electron chi connectivity index (χ4n) is 1.79. The predicted octanol–water partition coefficient (Wildman–Crippen LogP) is 4.16. The molecule has 88 valence electrons. The van der Waals surface area contributed by atoms with Crippen molar-refractivity contribution in [3.05, 3.63) is 35.9 Å². The highest BCUT2D eigenvalue weighted by Gasteiger charge is 2.00. The van der Waals surface area contributed by atoms with Crippen LogP contribution in [0.1, 0.15) is 51.0 Å². The number of rotatable bonds is 8. The fourth-order valence-corrected chi connectivity index (χ4v) is 1.79. The minimum absolute atomic E-state index is 0.440. The van der Waals surface area contributed by atoms with Gasteiger partial charge >= 0.3 is 0 Å². The van der Waals surface area contributed by atoms with Gasteiger partial charge in [-0.1, -0.05) is 43.7 Å². The lowest BCUT2D eigenvalue weighted by atomic mass is 10.0. The monoisotopic (exact) mass is 218 g/mol. The van der Waals surface area contributed by atoms with Gasteiger partial charge in [0.1, 0.15) is 5.78 Å². The normalized spacial score (nSPS) is 10.3. The molecule has 0 aliphatic heterocycles. The molecule has 0 fully saturated rings. The predicted molar refractivity (Wildman–Crippen MR) is 68.5 cm³/mol. The van der Waals surface area contributed by atoms with Crippen LogP contribution in [0, 0.1) is 0 Å². The summed E-state index contributed by atoms with van der Waals surface area (Å²) in [5, 5.41) is 0. The lowest BCUT2D eigenvalue weighted by Crippen LogP contribution is -1.97. The molecule has 16 heavy (non-hydrogen) atoms. The smallest absolute Gasteiger partial charge is 0.132 e. The summed E-state index contributed by atoms with van der Waals surface area (Å²) < 4.78 is 0. The molecular formula is C15H22O. The number of hydrogen-bond acceptors (Lipinski definition) is 1. The van der Waals surface area contributed by atoms with Crippen molar-refractivity contribution in [3.63, 3.8) is 0 Å². The molecule has 0 amide bonds. The second-order valence-electron chi connectivity index (χ2n) is 4.33. The summed E-state index contributed by atoms with van der Waals surface area (Å²) in [5.74, 6) is 0.440. The molecule has 1 heteroatoms. The van der Waals surface area contributed by atoms with Gasteiger partial charge in [0.25, 0.3) is 0 Å². The quantitative estimate of drug-likeness (QED) is 0.599. The third kappa shape index (κ3) is 5.69. The van der Waals surface area contributed by atoms with Gasteiger partial charge in [-0.3, -0.25) is 4.79 Å². The zero-order valence-electron chi connectivity index (χ0n) is 10.2. The van der Waals surface area contributed by atoms with E-state index in [0.717, 1.165) is 44.9 Å². The highest BCUT2D eigenvalue weighted by atomic mass is 16.1. The van der Waals surface area contributed by atoms with Crippen LogP contribution in [-0.2, 0) is 11.2 Å². The molecule has 0 saturated carbocycles. The van der Waals surface area contributed by atoms with Crippen molar-refractivity contribution in [1.82, 2.24) is 0 Å². The Kier molecular flexibility index (Phi) is 6.55. The molecule has 0 radical (unpaired) electrons. The van der Waals surface area contributed by atoms with E-state index in [1.165, 1.54) is 5.56 Å². The van der Waals surface area contributed by atoms with Gasteiger partial charge in [0.2, 0.25) is 0 Å². The van der Waals surface area contributed by atoms with Crippen LogP contribution in [0.2, 0.25) is 0 Å². The van der Waals surface area contributed by atoms with E-state index in [1.807, 2.05) is 6.07 Å². The summed E-state index contributed by atoms with van der Waals surface area (Å²) in [4.78, 5) is 11.4. The van der Waals surface area contributed by atoms with E-state index >= 15 is 0 Å². The molecule has 0 aromatic heterocycles. The van der Waals surface area contributed by atoms with E-state index in [-0.39, 0.29) is 0 Å². The summed E-state index contributed by atoms with van der Waals surface area (Å²) in [7, 11) is 0. The first-order valence-electron chi connectivity index (χ1n) is 6.38. The molecule has 1 rings (SSSR count). The third-order valence-electron chi connectivity index (χ3n) is 2.82. The number of carbonyl (C=O) groups excluding carboxylic acids is 1. The molecule has 0 spiro atoms. The largest absolute Gasteiger partial charge is 0.300 e. The van der Waals surface area contributed by atoms with Crippen LogP contribution in [0.3, 0.4) is 0 Å². The van der Waals surface area contributed by atoms with Gasteiger partial charge < -0.3 is 0 Å². The average Bonchev–Trinajstić information content (AvgIpc) is 2.33. The first-order chi connectivity index (χ1) is 7.83. The van der Waals surface area contributed by atoms with Crippen molar-refractivity contribution >= 4 is 5.78 Å². The zero-order valence-corrected chi connectivity index (χ0v) is 10.2. The van der Waals surface area contributed by atoms with E-state index in [4.69, 9.17) is 0 Å². The highest BCUT2D eigenvalue weighted by molar-refractivity contribution is 5.78. The van der Waals surface area contributed by atoms with Crippen molar-refractivity contribution in [2.45, 2.75) is 51.9 Å². The fraction of sp³-hybridized carbons (Fsp3) is 0.533. The molecule has 0 aliphatic rings. The van der Waals surface area contributed by atoms with E-state index in [9.17, 15) is 4.79 Å². The number of unbranched alkanes of at least 4 members (excludes halogenated alkanes) is 2. The van der Waals surface area contributed by atoms with Gasteiger partial charge in [0, 0.05) is 12.8 Å². The van der Waals surface area contributed by atoms with E-state index < -0.39 is 0 Å². The number of hydrogen-bond donors (Lipinski definition) is 0. The number of benzene rings is 1. The van der Waals surface area contributed by atoms with Gasteiger partial charge in [0.15, 0.2) is 0 Å². The summed E-state index contributed by atoms with van der Waals surface area (Å²) in [5.41, 5.74) is 1.38. The molecule has 0 N–H and O–H groups in total. The highest BCUT2D eigenvalue weighted by Crippen LogP contribution is 2.08. The lowest BCUT2D eigenvalue weighted by molar-refractivity contribution is -0.119. The third-order valence-corrected chi connectivity index (χ3v) is 2.82. The minimum atomic E-state index is 0.440. The molecule has 0 atom stereocenters. The Bertz CT molecular complexity index is 290. The Labute approximate surface area is 98.9 Å². The Morgan fingerprint density at radius 2 is 1.69 bits per heavy atom. The molecule has 0 unspecified atom stereocenters. The molecule has 1 aromatic carbocycles. The van der Waals surface area contributed by atoms with Gasteiger partial charge in [-0.25, -0.2) is 0 Å². The molecule has 0 heterocycles. The van der Waals surface area contributed by atoms with Crippen LogP contribution in [0.15, 0.2) is 30.3 Å². The molecule has 0 saturated heterocycles. The lowest BCUT2D eigenvalue weighted by Gasteiger charge is -2.01. The Balaban J connectivity index is 2.06. The Hall–Kier alpha value is -1.11. The van der Waals surface area contributed by atoms with E-state index in [2.05, 4.69) is 31.2 Å². The van der Waals surface area contributed by atoms with Crippen molar-refractivity contribution in [2.24, 2.45) is 0 Å². The van der Waals surface area contributed by atoms with Crippen molar-refractivity contribution < 1.29 is 4.79 Å². The van der Waals surface area contributed by atoms with Crippen LogP contribution in [0.4, 0.5) is 0 Å². The van der Waals surface area contributed by atoms with Crippen molar-refractivity contribution in [2.75, 3.05) is 0 Å². The number of aryl methyl sites for hydroxylation is 1. The number of Topliss-reactive ketones (excluding diaryl/α,β-unsaturated/α-hetero) is 1. The average molecular weight is 218 g/mol. The Morgan fingerprint density at radius 1 is 1.00 bits per heavy atom. The van der Waals surface area contributed by atoms with Gasteiger partial charge in [-0.05, 0) is 31.2 Å². The summed E-state index contributed by atoms with van der Waals surface area (Å²) in [6, 6.07) is 10.5. The molecule has 0 bridgehead atoms. The van der Waals surface area contributed by atoms with Crippen LogP contribution in [0.5, 0.6) is 0 Å². The number of ketones is 1. The van der Waals surface area contributed by atoms with Gasteiger partial charge in [-0.2, -0.15) is 0 Å². The first kappa shape index (κ1) is 13.0. The number of carbonyl (C=O) groups is 1. The van der Waals surface area contributed by atoms with E-state index in [0.29, 0.717) is 5.78 Å². The first-order valence-corrected chi connectivity index (χ1v) is 6.38. The molecule has 1 nitrogen and oxygen atoms in total. The summed E-state index contributed by atoms with van der Waals surface area (Å²) in [6.45, 7) is 2.13. The maximum atomic E-state index is 11.4. The topological polar surface area (TPSA) is 17.1 Å². The van der Waals surface area contributed by atoms with Crippen LogP contribution >= 0.6 is 0 Å². The maximum Gasteiger partial charge on any atom is 0.132 e. The van der Waals surface area contributed by atoms with Crippen molar-refractivity contribution in [1.29, 1.82) is 0 Å². The minimum Gasteiger partial charge on any atom is -0.300 e. The van der Waals surface area contributed by atoms with Gasteiger partial charge in [-0.15, -0.1) is 0 Å². The second kappa shape index (κ2) is 8.09. The molecular weight excluding hydrogens is 196 g/mol. The molecule has 1 aromatic rings. The zero-order chi connectivity index (χ0) is 11.6. The Morgan fingerprint density at radius 3 is 2.38 bits per heavy atom. The van der Waals surface area contributed by atoms with Crippen LogP contribution in [-0.4, -0.2) is 5.78 Å².